The van der Waals surface area contributed by atoms with Crippen LogP contribution in [-0.4, -0.2) is 24.3 Å². The predicted molar refractivity (Wildman–Crippen MR) is 98.7 cm³/mol. The Morgan fingerprint density at radius 2 is 1.92 bits per heavy atom. The first-order valence-electron chi connectivity index (χ1n) is 8.73. The normalized spacial score (nSPS) is 11.8. The lowest BCUT2D eigenvalue weighted by Gasteiger charge is -2.16. The van der Waals surface area contributed by atoms with Gasteiger partial charge in [-0.15, -0.1) is 0 Å². The molecule has 2 rings (SSSR count). The van der Waals surface area contributed by atoms with Crippen LogP contribution in [0, 0.1) is 6.92 Å². The maximum atomic E-state index is 11.8. The minimum absolute atomic E-state index is 0.421. The molecule has 2 aromatic carbocycles. The summed E-state index contributed by atoms with van der Waals surface area (Å²) in [5, 5.41) is 9.70. The van der Waals surface area contributed by atoms with Gasteiger partial charge >= 0.3 is 5.97 Å². The molecule has 0 heterocycles. The third-order valence-electron chi connectivity index (χ3n) is 4.01. The van der Waals surface area contributed by atoms with Crippen molar-refractivity contribution in [3.8, 4) is 11.5 Å². The van der Waals surface area contributed by atoms with Gasteiger partial charge in [0.05, 0.1) is 19.1 Å². The van der Waals surface area contributed by atoms with Gasteiger partial charge in [-0.05, 0) is 61.6 Å². The van der Waals surface area contributed by atoms with E-state index in [4.69, 9.17) is 9.47 Å². The van der Waals surface area contributed by atoms with E-state index in [2.05, 4.69) is 6.92 Å². The van der Waals surface area contributed by atoms with Crippen LogP contribution in [0.5, 0.6) is 11.5 Å². The first kappa shape index (κ1) is 18.8. The number of carboxylic acid groups (broad SMARTS) is 1. The van der Waals surface area contributed by atoms with Crippen molar-refractivity contribution in [3.05, 3.63) is 59.2 Å². The molecule has 1 unspecified atom stereocenters. The fraction of sp³-hybridized carbons (Fsp3) is 0.381. The molecule has 25 heavy (non-hydrogen) atoms. The van der Waals surface area contributed by atoms with Crippen LogP contribution in [0.25, 0.3) is 0 Å². The van der Waals surface area contributed by atoms with Crippen LogP contribution in [0.15, 0.2) is 42.5 Å². The van der Waals surface area contributed by atoms with Crippen molar-refractivity contribution < 1.29 is 19.4 Å². The van der Waals surface area contributed by atoms with E-state index in [1.807, 2.05) is 56.3 Å². The van der Waals surface area contributed by atoms with E-state index in [0.29, 0.717) is 19.6 Å². The van der Waals surface area contributed by atoms with Crippen LogP contribution in [0.1, 0.15) is 42.9 Å². The van der Waals surface area contributed by atoms with Crippen LogP contribution in [-0.2, 0) is 11.2 Å². The first-order valence-corrected chi connectivity index (χ1v) is 8.73. The van der Waals surface area contributed by atoms with Crippen molar-refractivity contribution >= 4 is 5.97 Å². The number of ether oxygens (including phenoxy) is 2. The first-order chi connectivity index (χ1) is 12.0. The molecule has 0 aliphatic carbocycles. The number of carboxylic acids is 1. The minimum Gasteiger partial charge on any atom is -0.494 e. The number of aryl methyl sites for hydroxylation is 1. The summed E-state index contributed by atoms with van der Waals surface area (Å²) in [7, 11) is 0. The van der Waals surface area contributed by atoms with Gasteiger partial charge in [-0.3, -0.25) is 4.79 Å². The summed E-state index contributed by atoms with van der Waals surface area (Å²) in [4.78, 5) is 11.8. The summed E-state index contributed by atoms with van der Waals surface area (Å²) in [6, 6.07) is 13.3. The number of aliphatic carboxylic acids is 1. The molecule has 0 spiro atoms. The summed E-state index contributed by atoms with van der Waals surface area (Å²) in [5.41, 5.74) is 2.69. The summed E-state index contributed by atoms with van der Waals surface area (Å²) >= 11 is 0. The molecule has 0 fully saturated rings. The van der Waals surface area contributed by atoms with Crippen LogP contribution in [0.3, 0.4) is 0 Å². The zero-order valence-electron chi connectivity index (χ0n) is 15.1. The minimum atomic E-state index is -0.830. The number of hydrogen-bond donors (Lipinski definition) is 1. The zero-order chi connectivity index (χ0) is 18.2. The molecular weight excluding hydrogens is 316 g/mol. The summed E-state index contributed by atoms with van der Waals surface area (Å²) in [6.07, 6.45) is 1.36. The molecule has 1 N–H and O–H groups in total. The molecule has 0 bridgehead atoms. The zero-order valence-corrected chi connectivity index (χ0v) is 15.1. The van der Waals surface area contributed by atoms with Gasteiger partial charge in [0.1, 0.15) is 11.5 Å². The Labute approximate surface area is 149 Å². The highest BCUT2D eigenvalue weighted by atomic mass is 16.5. The van der Waals surface area contributed by atoms with Gasteiger partial charge < -0.3 is 14.6 Å². The van der Waals surface area contributed by atoms with E-state index >= 15 is 0 Å². The Hall–Kier alpha value is -2.49. The van der Waals surface area contributed by atoms with E-state index in [1.165, 1.54) is 0 Å². The third kappa shape index (κ3) is 5.24. The van der Waals surface area contributed by atoms with E-state index < -0.39 is 11.9 Å². The molecule has 0 saturated carbocycles. The molecule has 1 atom stereocenters. The number of carbonyl (C=O) groups is 1. The second kappa shape index (κ2) is 9.11. The smallest absolute Gasteiger partial charge is 0.311 e. The second-order valence-corrected chi connectivity index (χ2v) is 6.05. The molecule has 4 nitrogen and oxygen atoms in total. The molecule has 134 valence electrons. The van der Waals surface area contributed by atoms with Gasteiger partial charge in [0.15, 0.2) is 0 Å². The SMILES string of the molecule is CCCOc1ccc(C(Cc2cccc(OCC)c2)C(=O)O)cc1C. The molecule has 0 aliphatic heterocycles. The Balaban J connectivity index is 2.22. The van der Waals surface area contributed by atoms with Gasteiger partial charge in [-0.1, -0.05) is 31.2 Å². The summed E-state index contributed by atoms with van der Waals surface area (Å²) in [5.74, 6) is 0.149. The monoisotopic (exact) mass is 342 g/mol. The van der Waals surface area contributed by atoms with Gasteiger partial charge in [0.2, 0.25) is 0 Å². The predicted octanol–water partition coefficient (Wildman–Crippen LogP) is 4.59. The van der Waals surface area contributed by atoms with E-state index in [9.17, 15) is 9.90 Å². The van der Waals surface area contributed by atoms with Gasteiger partial charge in [-0.2, -0.15) is 0 Å². The van der Waals surface area contributed by atoms with E-state index in [1.54, 1.807) is 0 Å². The Bertz CT molecular complexity index is 709. The molecule has 0 aliphatic rings. The highest BCUT2D eigenvalue weighted by Gasteiger charge is 2.21. The Morgan fingerprint density at radius 3 is 2.56 bits per heavy atom. The average Bonchev–Trinajstić information content (AvgIpc) is 2.59. The summed E-state index contributed by atoms with van der Waals surface area (Å²) in [6.45, 7) is 7.18. The van der Waals surface area contributed by atoms with Crippen LogP contribution >= 0.6 is 0 Å². The van der Waals surface area contributed by atoms with Crippen molar-refractivity contribution in [2.75, 3.05) is 13.2 Å². The lowest BCUT2D eigenvalue weighted by atomic mass is 9.91. The largest absolute Gasteiger partial charge is 0.494 e. The number of rotatable bonds is 9. The van der Waals surface area contributed by atoms with Crippen molar-refractivity contribution in [1.29, 1.82) is 0 Å². The van der Waals surface area contributed by atoms with E-state index in [-0.39, 0.29) is 0 Å². The van der Waals surface area contributed by atoms with Crippen molar-refractivity contribution in [2.45, 2.75) is 39.5 Å². The fourth-order valence-corrected chi connectivity index (χ4v) is 2.78. The molecule has 0 aromatic heterocycles. The van der Waals surface area contributed by atoms with Crippen molar-refractivity contribution in [3.63, 3.8) is 0 Å². The van der Waals surface area contributed by atoms with Crippen LogP contribution in [0.2, 0.25) is 0 Å². The van der Waals surface area contributed by atoms with Gasteiger partial charge in [0, 0.05) is 0 Å². The van der Waals surface area contributed by atoms with Gasteiger partial charge in [-0.25, -0.2) is 0 Å². The average molecular weight is 342 g/mol. The number of hydrogen-bond acceptors (Lipinski definition) is 3. The third-order valence-corrected chi connectivity index (χ3v) is 4.01. The maximum absolute atomic E-state index is 11.8. The molecule has 2 aromatic rings. The van der Waals surface area contributed by atoms with Crippen molar-refractivity contribution in [1.82, 2.24) is 0 Å². The van der Waals surface area contributed by atoms with Crippen LogP contribution < -0.4 is 9.47 Å². The topological polar surface area (TPSA) is 55.8 Å². The maximum Gasteiger partial charge on any atom is 0.311 e. The standard InChI is InChI=1S/C21H26O4/c1-4-11-25-20-10-9-17(12-15(20)3)19(21(22)23)14-16-7-6-8-18(13-16)24-5-2/h6-10,12-13,19H,4-5,11,14H2,1-3H3,(H,22,23). The van der Waals surface area contributed by atoms with Gasteiger partial charge in [0.25, 0.3) is 0 Å². The Kier molecular flexibility index (Phi) is 6.87. The van der Waals surface area contributed by atoms with Crippen molar-refractivity contribution in [2.24, 2.45) is 0 Å². The molecular formula is C21H26O4. The summed E-state index contributed by atoms with van der Waals surface area (Å²) < 4.78 is 11.2. The molecule has 0 saturated heterocycles. The molecule has 0 amide bonds. The van der Waals surface area contributed by atoms with Crippen LogP contribution in [0.4, 0.5) is 0 Å². The Morgan fingerprint density at radius 1 is 1.12 bits per heavy atom. The lowest BCUT2D eigenvalue weighted by Crippen LogP contribution is -2.15. The quantitative estimate of drug-likeness (QED) is 0.724. The van der Waals surface area contributed by atoms with E-state index in [0.717, 1.165) is 34.6 Å². The highest BCUT2D eigenvalue weighted by molar-refractivity contribution is 5.76. The fourth-order valence-electron chi connectivity index (χ4n) is 2.78. The lowest BCUT2D eigenvalue weighted by molar-refractivity contribution is -0.138. The number of benzene rings is 2. The highest BCUT2D eigenvalue weighted by Crippen LogP contribution is 2.28. The second-order valence-electron chi connectivity index (χ2n) is 6.05. The molecule has 0 radical (unpaired) electrons. The molecule has 4 heteroatoms.